The van der Waals surface area contributed by atoms with Gasteiger partial charge in [0.15, 0.2) is 0 Å². The summed E-state index contributed by atoms with van der Waals surface area (Å²) in [6, 6.07) is 14.0. The molecule has 158 valence electrons. The van der Waals surface area contributed by atoms with Gasteiger partial charge in [-0.3, -0.25) is 4.90 Å². The summed E-state index contributed by atoms with van der Waals surface area (Å²) in [5.74, 6) is 2.64. The fraction of sp³-hybridized carbons (Fsp3) is 0.391. The van der Waals surface area contributed by atoms with Gasteiger partial charge in [0.2, 0.25) is 0 Å². The maximum atomic E-state index is 11.1. The highest BCUT2D eigenvalue weighted by atomic mass is 16.5. The lowest BCUT2D eigenvalue weighted by Crippen LogP contribution is -2.43. The van der Waals surface area contributed by atoms with Gasteiger partial charge in [0, 0.05) is 51.8 Å². The fourth-order valence-electron chi connectivity index (χ4n) is 3.97. The number of ether oxygens (including phenoxy) is 1. The van der Waals surface area contributed by atoms with Crippen LogP contribution >= 0.6 is 0 Å². The van der Waals surface area contributed by atoms with Gasteiger partial charge in [-0.25, -0.2) is 9.97 Å². The van der Waals surface area contributed by atoms with E-state index < -0.39 is 5.60 Å². The molecule has 7 nitrogen and oxygen atoms in total. The maximum absolute atomic E-state index is 11.1. The van der Waals surface area contributed by atoms with Crippen LogP contribution < -0.4 is 9.64 Å². The molecular formula is C23H29N5O2. The minimum atomic E-state index is -0.725. The number of hydrogen-bond donors (Lipinski definition) is 1. The van der Waals surface area contributed by atoms with Gasteiger partial charge < -0.3 is 19.3 Å². The number of imidazole rings is 1. The number of benzene rings is 1. The van der Waals surface area contributed by atoms with Crippen molar-refractivity contribution in [3.63, 3.8) is 0 Å². The number of aliphatic hydroxyl groups is 1. The van der Waals surface area contributed by atoms with E-state index in [2.05, 4.69) is 31.9 Å². The number of pyridine rings is 1. The fourth-order valence-corrected chi connectivity index (χ4v) is 3.97. The molecule has 30 heavy (non-hydrogen) atoms. The summed E-state index contributed by atoms with van der Waals surface area (Å²) < 4.78 is 7.77. The van der Waals surface area contributed by atoms with E-state index in [-0.39, 0.29) is 0 Å². The molecule has 0 radical (unpaired) electrons. The number of nitrogens with zero attached hydrogens (tertiary/aromatic N) is 5. The van der Waals surface area contributed by atoms with E-state index >= 15 is 0 Å². The first-order valence-corrected chi connectivity index (χ1v) is 10.3. The van der Waals surface area contributed by atoms with E-state index in [1.807, 2.05) is 55.2 Å². The number of rotatable bonds is 8. The molecule has 1 aliphatic rings. The Bertz CT molecular complexity index is 944. The van der Waals surface area contributed by atoms with Gasteiger partial charge in [0.25, 0.3) is 0 Å². The lowest BCUT2D eigenvalue weighted by molar-refractivity contribution is 0.0279. The van der Waals surface area contributed by atoms with Crippen molar-refractivity contribution >= 4 is 5.82 Å². The molecule has 0 spiro atoms. The molecule has 0 amide bonds. The molecule has 0 bridgehead atoms. The Kier molecular flexibility index (Phi) is 6.01. The van der Waals surface area contributed by atoms with Crippen LogP contribution in [0, 0.1) is 0 Å². The van der Waals surface area contributed by atoms with Crippen LogP contribution in [0.4, 0.5) is 5.82 Å². The molecule has 1 aromatic carbocycles. The number of aromatic nitrogens is 3. The molecule has 1 unspecified atom stereocenters. The first-order valence-electron chi connectivity index (χ1n) is 10.3. The van der Waals surface area contributed by atoms with E-state index in [1.165, 1.54) is 5.56 Å². The van der Waals surface area contributed by atoms with Gasteiger partial charge in [0.1, 0.15) is 24.0 Å². The Labute approximate surface area is 177 Å². The number of likely N-dealkylation sites (N-methyl/N-ethyl adjacent to an activating group) is 1. The number of aryl methyl sites for hydroxylation is 1. The van der Waals surface area contributed by atoms with Gasteiger partial charge in [-0.2, -0.15) is 0 Å². The molecular weight excluding hydrogens is 378 g/mol. The third-order valence-corrected chi connectivity index (χ3v) is 5.53. The van der Waals surface area contributed by atoms with Crippen LogP contribution in [-0.4, -0.2) is 56.8 Å². The number of anilines is 1. The van der Waals surface area contributed by atoms with Crippen molar-refractivity contribution in [3.05, 3.63) is 72.4 Å². The molecule has 1 atom stereocenters. The highest BCUT2D eigenvalue weighted by molar-refractivity contribution is 5.40. The van der Waals surface area contributed by atoms with Gasteiger partial charge >= 0.3 is 0 Å². The largest absolute Gasteiger partial charge is 0.486 e. The Hall–Kier alpha value is -2.90. The lowest BCUT2D eigenvalue weighted by atomic mass is 10.0. The topological polar surface area (TPSA) is 66.7 Å². The van der Waals surface area contributed by atoms with Crippen LogP contribution in [0.5, 0.6) is 5.75 Å². The van der Waals surface area contributed by atoms with Gasteiger partial charge in [0.05, 0.1) is 5.60 Å². The zero-order chi connectivity index (χ0) is 21.0. The minimum absolute atomic E-state index is 0.447. The van der Waals surface area contributed by atoms with Crippen molar-refractivity contribution in [1.29, 1.82) is 0 Å². The third kappa shape index (κ3) is 4.98. The van der Waals surface area contributed by atoms with E-state index in [0.717, 1.165) is 36.9 Å². The molecule has 1 saturated heterocycles. The van der Waals surface area contributed by atoms with Crippen molar-refractivity contribution in [2.45, 2.75) is 25.2 Å². The van der Waals surface area contributed by atoms with Crippen LogP contribution in [0.2, 0.25) is 0 Å². The first-order chi connectivity index (χ1) is 14.5. The summed E-state index contributed by atoms with van der Waals surface area (Å²) in [6.07, 6.45) is 6.22. The zero-order valence-corrected chi connectivity index (χ0v) is 17.6. The lowest BCUT2D eigenvalue weighted by Gasteiger charge is -2.29. The normalized spacial score (nSPS) is 18.9. The van der Waals surface area contributed by atoms with Crippen LogP contribution in [0.1, 0.15) is 17.8 Å². The molecule has 1 aliphatic heterocycles. The maximum Gasteiger partial charge on any atom is 0.146 e. The van der Waals surface area contributed by atoms with E-state index in [1.54, 1.807) is 12.4 Å². The third-order valence-electron chi connectivity index (χ3n) is 5.53. The molecule has 1 fully saturated rings. The monoisotopic (exact) mass is 407 g/mol. The smallest absolute Gasteiger partial charge is 0.146 e. The summed E-state index contributed by atoms with van der Waals surface area (Å²) in [7, 11) is 4.01. The summed E-state index contributed by atoms with van der Waals surface area (Å²) in [5.41, 5.74) is 0.460. The average molecular weight is 408 g/mol. The second-order valence-corrected chi connectivity index (χ2v) is 8.14. The van der Waals surface area contributed by atoms with Gasteiger partial charge in [-0.05, 0) is 43.3 Å². The highest BCUT2D eigenvalue weighted by Crippen LogP contribution is 2.26. The van der Waals surface area contributed by atoms with Crippen molar-refractivity contribution in [3.8, 4) is 5.75 Å². The van der Waals surface area contributed by atoms with Crippen LogP contribution in [-0.2, 0) is 20.2 Å². The molecule has 1 N–H and O–H groups in total. The van der Waals surface area contributed by atoms with Crippen molar-refractivity contribution in [2.24, 2.45) is 7.05 Å². The quantitative estimate of drug-likeness (QED) is 0.619. The first kappa shape index (κ1) is 20.4. The second-order valence-electron chi connectivity index (χ2n) is 8.14. The van der Waals surface area contributed by atoms with E-state index in [4.69, 9.17) is 4.74 Å². The Morgan fingerprint density at radius 1 is 1.13 bits per heavy atom. The molecule has 7 heteroatoms. The summed E-state index contributed by atoms with van der Waals surface area (Å²) in [5, 5.41) is 11.1. The number of β-amino-alcohol motifs (C(OH)–C–C–N with tert-alkyl or cyclic N) is 1. The second kappa shape index (κ2) is 8.85. The SMILES string of the molecule is CN(Cc1ccc(OCc2nccn2C)cc1)CC1(O)CCN(c2ccccn2)C1. The predicted molar refractivity (Wildman–Crippen MR) is 116 cm³/mol. The van der Waals surface area contributed by atoms with E-state index in [0.29, 0.717) is 19.7 Å². The van der Waals surface area contributed by atoms with Crippen molar-refractivity contribution in [2.75, 3.05) is 31.6 Å². The zero-order valence-electron chi connectivity index (χ0n) is 17.6. The van der Waals surface area contributed by atoms with Crippen molar-refractivity contribution < 1.29 is 9.84 Å². The molecule has 2 aromatic heterocycles. The summed E-state index contributed by atoms with van der Waals surface area (Å²) in [6.45, 7) is 3.26. The molecule has 3 heterocycles. The highest BCUT2D eigenvalue weighted by Gasteiger charge is 2.37. The minimum Gasteiger partial charge on any atom is -0.486 e. The summed E-state index contributed by atoms with van der Waals surface area (Å²) in [4.78, 5) is 13.0. The Morgan fingerprint density at radius 2 is 1.97 bits per heavy atom. The predicted octanol–water partition coefficient (Wildman–Crippen LogP) is 2.47. The molecule has 4 rings (SSSR count). The van der Waals surface area contributed by atoms with E-state index in [9.17, 15) is 5.11 Å². The van der Waals surface area contributed by atoms with Crippen molar-refractivity contribution in [1.82, 2.24) is 19.4 Å². The van der Waals surface area contributed by atoms with Crippen LogP contribution in [0.25, 0.3) is 0 Å². The molecule has 0 saturated carbocycles. The molecule has 0 aliphatic carbocycles. The Balaban J connectivity index is 1.27. The van der Waals surface area contributed by atoms with Crippen LogP contribution in [0.3, 0.4) is 0 Å². The van der Waals surface area contributed by atoms with Gasteiger partial charge in [-0.15, -0.1) is 0 Å². The molecule has 3 aromatic rings. The standard InChI is InChI=1S/C23H29N5O2/c1-26(17-23(29)10-13-28(18-23)21-5-3-4-11-24-21)15-19-6-8-20(9-7-19)30-16-22-25-12-14-27(22)2/h3-9,11-12,14,29H,10,13,15-18H2,1-2H3. The average Bonchev–Trinajstić information content (AvgIpc) is 3.33. The Morgan fingerprint density at radius 3 is 2.67 bits per heavy atom. The summed E-state index contributed by atoms with van der Waals surface area (Å²) >= 11 is 0. The van der Waals surface area contributed by atoms with Gasteiger partial charge in [-0.1, -0.05) is 18.2 Å². The van der Waals surface area contributed by atoms with Crippen LogP contribution in [0.15, 0.2) is 61.1 Å². The number of hydrogen-bond acceptors (Lipinski definition) is 6.